The largest absolute Gasteiger partial charge is 0.373 e. The van der Waals surface area contributed by atoms with Crippen molar-refractivity contribution in [1.29, 1.82) is 0 Å². The average Bonchev–Trinajstić information content (AvgIpc) is 2.73. The van der Waals surface area contributed by atoms with Crippen molar-refractivity contribution in [3.8, 4) is 0 Å². The standard InChI is InChI=1S/C12H20N2O/c1-9-4-5-10(2)14(9)13-8-12-7-6-11(3)15-12/h4-5,11-13H,6-8H2,1-3H3. The molecule has 15 heavy (non-hydrogen) atoms. The highest BCUT2D eigenvalue weighted by Crippen LogP contribution is 2.18. The van der Waals surface area contributed by atoms with Gasteiger partial charge in [-0.25, -0.2) is 0 Å². The van der Waals surface area contributed by atoms with Gasteiger partial charge in [0, 0.05) is 11.4 Å². The Hall–Kier alpha value is -0.960. The van der Waals surface area contributed by atoms with Crippen LogP contribution in [0.2, 0.25) is 0 Å². The average molecular weight is 208 g/mol. The van der Waals surface area contributed by atoms with Crippen LogP contribution in [0.5, 0.6) is 0 Å². The van der Waals surface area contributed by atoms with Gasteiger partial charge in [-0.3, -0.25) is 4.68 Å². The molecule has 0 aliphatic carbocycles. The van der Waals surface area contributed by atoms with Crippen molar-refractivity contribution in [3.05, 3.63) is 23.5 Å². The highest BCUT2D eigenvalue weighted by molar-refractivity contribution is 5.15. The molecule has 2 unspecified atom stereocenters. The minimum absolute atomic E-state index is 0.376. The summed E-state index contributed by atoms with van der Waals surface area (Å²) in [6.45, 7) is 7.27. The van der Waals surface area contributed by atoms with Crippen molar-refractivity contribution < 1.29 is 4.74 Å². The van der Waals surface area contributed by atoms with Gasteiger partial charge in [-0.15, -0.1) is 0 Å². The first kappa shape index (κ1) is 10.6. The number of ether oxygens (including phenoxy) is 1. The zero-order valence-electron chi connectivity index (χ0n) is 9.79. The van der Waals surface area contributed by atoms with Gasteiger partial charge in [0.25, 0.3) is 0 Å². The first-order valence-corrected chi connectivity index (χ1v) is 5.71. The van der Waals surface area contributed by atoms with Crippen LogP contribution in [0.25, 0.3) is 0 Å². The summed E-state index contributed by atoms with van der Waals surface area (Å²) < 4.78 is 7.89. The number of rotatable bonds is 3. The lowest BCUT2D eigenvalue weighted by molar-refractivity contribution is 0.0622. The lowest BCUT2D eigenvalue weighted by Gasteiger charge is -2.16. The molecule has 1 saturated heterocycles. The van der Waals surface area contributed by atoms with Crippen LogP contribution >= 0.6 is 0 Å². The lowest BCUT2D eigenvalue weighted by Crippen LogP contribution is -2.27. The lowest BCUT2D eigenvalue weighted by atomic mass is 10.2. The first-order valence-electron chi connectivity index (χ1n) is 5.71. The third-order valence-corrected chi connectivity index (χ3v) is 3.07. The molecule has 3 heteroatoms. The summed E-state index contributed by atoms with van der Waals surface area (Å²) in [7, 11) is 0. The van der Waals surface area contributed by atoms with E-state index in [0.29, 0.717) is 12.2 Å². The molecule has 0 radical (unpaired) electrons. The number of aryl methyl sites for hydroxylation is 2. The minimum atomic E-state index is 0.376. The summed E-state index contributed by atoms with van der Waals surface area (Å²) in [6, 6.07) is 4.25. The van der Waals surface area contributed by atoms with Crippen LogP contribution < -0.4 is 5.43 Å². The molecular formula is C12H20N2O. The smallest absolute Gasteiger partial charge is 0.0768 e. The third kappa shape index (κ3) is 2.34. The van der Waals surface area contributed by atoms with E-state index in [1.807, 2.05) is 0 Å². The molecule has 1 aliphatic rings. The Morgan fingerprint density at radius 2 is 2.00 bits per heavy atom. The van der Waals surface area contributed by atoms with E-state index < -0.39 is 0 Å². The van der Waals surface area contributed by atoms with Crippen molar-refractivity contribution in [2.75, 3.05) is 12.0 Å². The normalized spacial score (nSPS) is 25.8. The Balaban J connectivity index is 1.88. The molecule has 1 aliphatic heterocycles. The van der Waals surface area contributed by atoms with Crippen LogP contribution in [0.1, 0.15) is 31.2 Å². The van der Waals surface area contributed by atoms with Crippen LogP contribution in [0.15, 0.2) is 12.1 Å². The molecule has 0 saturated carbocycles. The van der Waals surface area contributed by atoms with E-state index in [2.05, 4.69) is 43.0 Å². The topological polar surface area (TPSA) is 26.2 Å². The number of hydrogen-bond acceptors (Lipinski definition) is 2. The number of aromatic nitrogens is 1. The molecular weight excluding hydrogens is 188 g/mol. The van der Waals surface area contributed by atoms with Crippen LogP contribution in [-0.2, 0) is 4.74 Å². The van der Waals surface area contributed by atoms with Crippen molar-refractivity contribution in [1.82, 2.24) is 4.68 Å². The SMILES string of the molecule is Cc1ccc(C)n1NCC1CCC(C)O1. The van der Waals surface area contributed by atoms with Crippen molar-refractivity contribution in [2.24, 2.45) is 0 Å². The molecule has 0 bridgehead atoms. The highest BCUT2D eigenvalue weighted by Gasteiger charge is 2.21. The predicted octanol–water partition coefficient (Wildman–Crippen LogP) is 2.22. The van der Waals surface area contributed by atoms with E-state index in [1.165, 1.54) is 24.2 Å². The third-order valence-electron chi connectivity index (χ3n) is 3.07. The molecule has 0 aromatic carbocycles. The zero-order chi connectivity index (χ0) is 10.8. The second-order valence-electron chi connectivity index (χ2n) is 4.46. The molecule has 1 N–H and O–H groups in total. The molecule has 0 spiro atoms. The van der Waals surface area contributed by atoms with Crippen molar-refractivity contribution in [2.45, 2.75) is 45.8 Å². The maximum absolute atomic E-state index is 5.76. The summed E-state index contributed by atoms with van der Waals surface area (Å²) in [4.78, 5) is 0. The summed E-state index contributed by atoms with van der Waals surface area (Å²) in [5, 5.41) is 0. The Labute approximate surface area is 91.4 Å². The second-order valence-corrected chi connectivity index (χ2v) is 4.46. The summed E-state index contributed by atoms with van der Waals surface area (Å²) in [5.74, 6) is 0. The van der Waals surface area contributed by atoms with Gasteiger partial charge < -0.3 is 10.2 Å². The number of hydrogen-bond donors (Lipinski definition) is 1. The summed E-state index contributed by atoms with van der Waals surface area (Å²) in [6.07, 6.45) is 3.17. The van der Waals surface area contributed by atoms with Gasteiger partial charge in [0.15, 0.2) is 0 Å². The zero-order valence-corrected chi connectivity index (χ0v) is 9.79. The van der Waals surface area contributed by atoms with Crippen LogP contribution in [0, 0.1) is 13.8 Å². The molecule has 2 atom stereocenters. The predicted molar refractivity (Wildman–Crippen MR) is 61.7 cm³/mol. The maximum Gasteiger partial charge on any atom is 0.0768 e. The summed E-state index contributed by atoms with van der Waals surface area (Å²) >= 11 is 0. The monoisotopic (exact) mass is 208 g/mol. The molecule has 3 nitrogen and oxygen atoms in total. The molecule has 0 amide bonds. The van der Waals surface area contributed by atoms with Crippen LogP contribution in [0.3, 0.4) is 0 Å². The van der Waals surface area contributed by atoms with Crippen molar-refractivity contribution in [3.63, 3.8) is 0 Å². The molecule has 1 aromatic heterocycles. The quantitative estimate of drug-likeness (QED) is 0.824. The fourth-order valence-corrected chi connectivity index (χ4v) is 2.15. The molecule has 1 aromatic rings. The second kappa shape index (κ2) is 4.27. The Bertz CT molecular complexity index is 313. The van der Waals surface area contributed by atoms with E-state index in [4.69, 9.17) is 4.74 Å². The van der Waals surface area contributed by atoms with E-state index in [0.717, 1.165) is 6.54 Å². The number of nitrogens with one attached hydrogen (secondary N) is 1. The Kier molecular flexibility index (Phi) is 3.00. The van der Waals surface area contributed by atoms with Gasteiger partial charge in [-0.05, 0) is 45.7 Å². The van der Waals surface area contributed by atoms with E-state index in [9.17, 15) is 0 Å². The maximum atomic E-state index is 5.76. The fraction of sp³-hybridized carbons (Fsp3) is 0.667. The fourth-order valence-electron chi connectivity index (χ4n) is 2.15. The van der Waals surface area contributed by atoms with Gasteiger partial charge in [-0.1, -0.05) is 0 Å². The van der Waals surface area contributed by atoms with Gasteiger partial charge in [0.05, 0.1) is 18.8 Å². The van der Waals surface area contributed by atoms with Crippen LogP contribution in [-0.4, -0.2) is 23.4 Å². The molecule has 2 heterocycles. The Morgan fingerprint density at radius 3 is 2.53 bits per heavy atom. The van der Waals surface area contributed by atoms with Crippen LogP contribution in [0.4, 0.5) is 0 Å². The molecule has 84 valence electrons. The van der Waals surface area contributed by atoms with E-state index in [-0.39, 0.29) is 0 Å². The van der Waals surface area contributed by atoms with E-state index >= 15 is 0 Å². The van der Waals surface area contributed by atoms with Gasteiger partial charge in [-0.2, -0.15) is 0 Å². The highest BCUT2D eigenvalue weighted by atomic mass is 16.5. The summed E-state index contributed by atoms with van der Waals surface area (Å²) in [5.41, 5.74) is 5.91. The van der Waals surface area contributed by atoms with Gasteiger partial charge in [0.1, 0.15) is 0 Å². The van der Waals surface area contributed by atoms with E-state index in [1.54, 1.807) is 0 Å². The molecule has 1 fully saturated rings. The van der Waals surface area contributed by atoms with Crippen molar-refractivity contribution >= 4 is 0 Å². The van der Waals surface area contributed by atoms with Gasteiger partial charge >= 0.3 is 0 Å². The molecule has 2 rings (SSSR count). The Morgan fingerprint density at radius 1 is 1.33 bits per heavy atom. The van der Waals surface area contributed by atoms with Gasteiger partial charge in [0.2, 0.25) is 0 Å². The number of nitrogens with zero attached hydrogens (tertiary/aromatic N) is 1. The minimum Gasteiger partial charge on any atom is -0.373 e. The first-order chi connectivity index (χ1) is 7.16.